The highest BCUT2D eigenvalue weighted by molar-refractivity contribution is 6.30. The smallest absolute Gasteiger partial charge is 0.126 e. The van der Waals surface area contributed by atoms with Crippen molar-refractivity contribution in [2.75, 3.05) is 0 Å². The van der Waals surface area contributed by atoms with Crippen LogP contribution in [0.25, 0.3) is 0 Å². The Labute approximate surface area is 110 Å². The zero-order chi connectivity index (χ0) is 13.1. The van der Waals surface area contributed by atoms with Crippen molar-refractivity contribution >= 4 is 11.6 Å². The molecule has 5 heteroatoms. The standard InChI is InChI=1S/C13H14ClFN2O/c1-2-17-8-10(7-16-17)13(18)6-9-5-11(14)3-4-12(9)15/h3-5,7-8,13,18H,2,6H2,1H3. The van der Waals surface area contributed by atoms with Crippen LogP contribution in [0.5, 0.6) is 0 Å². The fraction of sp³-hybridized carbons (Fsp3) is 0.308. The van der Waals surface area contributed by atoms with Crippen molar-refractivity contribution in [3.05, 3.63) is 52.6 Å². The monoisotopic (exact) mass is 268 g/mol. The quantitative estimate of drug-likeness (QED) is 0.926. The molecular weight excluding hydrogens is 255 g/mol. The second-order valence-electron chi connectivity index (χ2n) is 4.09. The molecule has 96 valence electrons. The maximum absolute atomic E-state index is 13.5. The summed E-state index contributed by atoms with van der Waals surface area (Å²) in [5.74, 6) is -0.360. The second kappa shape index (κ2) is 5.50. The fourth-order valence-electron chi connectivity index (χ4n) is 1.75. The lowest BCUT2D eigenvalue weighted by molar-refractivity contribution is 0.177. The van der Waals surface area contributed by atoms with Crippen LogP contribution in [0.1, 0.15) is 24.2 Å². The third-order valence-electron chi connectivity index (χ3n) is 2.78. The molecule has 1 unspecified atom stereocenters. The normalized spacial score (nSPS) is 12.7. The first-order valence-corrected chi connectivity index (χ1v) is 6.12. The van der Waals surface area contributed by atoms with Crippen molar-refractivity contribution in [1.82, 2.24) is 9.78 Å². The van der Waals surface area contributed by atoms with Crippen LogP contribution in [-0.4, -0.2) is 14.9 Å². The SMILES string of the molecule is CCn1cc(C(O)Cc2cc(Cl)ccc2F)cn1. The summed E-state index contributed by atoms with van der Waals surface area (Å²) >= 11 is 5.81. The van der Waals surface area contributed by atoms with Crippen LogP contribution in [0.15, 0.2) is 30.6 Å². The van der Waals surface area contributed by atoms with Crippen molar-refractivity contribution in [2.24, 2.45) is 0 Å². The highest BCUT2D eigenvalue weighted by atomic mass is 35.5. The van der Waals surface area contributed by atoms with Crippen LogP contribution in [0.2, 0.25) is 5.02 Å². The minimum atomic E-state index is -0.779. The molecule has 2 rings (SSSR count). The molecule has 0 spiro atoms. The Morgan fingerprint density at radius 2 is 2.28 bits per heavy atom. The Bertz CT molecular complexity index is 542. The Kier molecular flexibility index (Phi) is 3.99. The number of aliphatic hydroxyl groups excluding tert-OH is 1. The Hall–Kier alpha value is -1.39. The number of aryl methyl sites for hydroxylation is 1. The van der Waals surface area contributed by atoms with E-state index in [1.807, 2.05) is 6.92 Å². The molecule has 1 aromatic carbocycles. The summed E-state index contributed by atoms with van der Waals surface area (Å²) in [6.45, 7) is 2.69. The van der Waals surface area contributed by atoms with E-state index in [9.17, 15) is 9.50 Å². The van der Waals surface area contributed by atoms with Crippen LogP contribution in [0.4, 0.5) is 4.39 Å². The van der Waals surface area contributed by atoms with Gasteiger partial charge >= 0.3 is 0 Å². The summed E-state index contributed by atoms with van der Waals surface area (Å²) < 4.78 is 15.2. The molecule has 0 aliphatic carbocycles. The van der Waals surface area contributed by atoms with Gasteiger partial charge in [-0.3, -0.25) is 4.68 Å². The van der Waals surface area contributed by atoms with Crippen molar-refractivity contribution < 1.29 is 9.50 Å². The van der Waals surface area contributed by atoms with Gasteiger partial charge < -0.3 is 5.11 Å². The molecule has 1 atom stereocenters. The van der Waals surface area contributed by atoms with Gasteiger partial charge in [-0.25, -0.2) is 4.39 Å². The van der Waals surface area contributed by atoms with Gasteiger partial charge in [0.1, 0.15) is 5.82 Å². The molecule has 2 aromatic rings. The van der Waals surface area contributed by atoms with E-state index in [0.717, 1.165) is 6.54 Å². The van der Waals surface area contributed by atoms with Gasteiger partial charge in [0, 0.05) is 29.7 Å². The van der Waals surface area contributed by atoms with E-state index >= 15 is 0 Å². The van der Waals surface area contributed by atoms with E-state index in [1.54, 1.807) is 17.1 Å². The van der Waals surface area contributed by atoms with Gasteiger partial charge in [-0.2, -0.15) is 5.10 Å². The average molecular weight is 269 g/mol. The molecule has 0 aliphatic heterocycles. The second-order valence-corrected chi connectivity index (χ2v) is 4.52. The maximum atomic E-state index is 13.5. The highest BCUT2D eigenvalue weighted by Gasteiger charge is 2.13. The molecular formula is C13H14ClFN2O. The number of nitrogens with zero attached hydrogens (tertiary/aromatic N) is 2. The number of aliphatic hydroxyl groups is 1. The first-order valence-electron chi connectivity index (χ1n) is 5.74. The van der Waals surface area contributed by atoms with Crippen molar-refractivity contribution in [3.63, 3.8) is 0 Å². The van der Waals surface area contributed by atoms with Gasteiger partial charge in [-0.05, 0) is 30.7 Å². The summed E-state index contributed by atoms with van der Waals surface area (Å²) in [6.07, 6.45) is 2.75. The first kappa shape index (κ1) is 13.1. The maximum Gasteiger partial charge on any atom is 0.126 e. The zero-order valence-electron chi connectivity index (χ0n) is 9.98. The van der Waals surface area contributed by atoms with E-state index < -0.39 is 6.10 Å². The van der Waals surface area contributed by atoms with Gasteiger partial charge in [0.2, 0.25) is 0 Å². The number of hydrogen-bond acceptors (Lipinski definition) is 2. The summed E-state index contributed by atoms with van der Waals surface area (Å²) in [7, 11) is 0. The molecule has 0 saturated carbocycles. The molecule has 1 N–H and O–H groups in total. The van der Waals surface area contributed by atoms with Crippen molar-refractivity contribution in [2.45, 2.75) is 26.0 Å². The lowest BCUT2D eigenvalue weighted by atomic mass is 10.0. The van der Waals surface area contributed by atoms with Gasteiger partial charge in [0.15, 0.2) is 0 Å². The summed E-state index contributed by atoms with van der Waals surface area (Å²) in [5, 5.41) is 14.6. The molecule has 3 nitrogen and oxygen atoms in total. The molecule has 1 heterocycles. The fourth-order valence-corrected chi connectivity index (χ4v) is 1.95. The van der Waals surface area contributed by atoms with Gasteiger partial charge in [0.05, 0.1) is 12.3 Å². The Balaban J connectivity index is 2.15. The Morgan fingerprint density at radius 1 is 1.50 bits per heavy atom. The van der Waals surface area contributed by atoms with Crippen LogP contribution >= 0.6 is 11.6 Å². The highest BCUT2D eigenvalue weighted by Crippen LogP contribution is 2.22. The molecule has 1 aromatic heterocycles. The summed E-state index contributed by atoms with van der Waals surface area (Å²) in [4.78, 5) is 0. The molecule has 0 bridgehead atoms. The third kappa shape index (κ3) is 2.89. The van der Waals surface area contributed by atoms with E-state index in [2.05, 4.69) is 5.10 Å². The van der Waals surface area contributed by atoms with Gasteiger partial charge in [-0.1, -0.05) is 11.6 Å². The average Bonchev–Trinajstić information content (AvgIpc) is 2.82. The summed E-state index contributed by atoms with van der Waals surface area (Å²) in [5.41, 5.74) is 1.08. The van der Waals surface area contributed by atoms with Gasteiger partial charge in [-0.15, -0.1) is 0 Å². The van der Waals surface area contributed by atoms with Crippen molar-refractivity contribution in [1.29, 1.82) is 0 Å². The zero-order valence-corrected chi connectivity index (χ0v) is 10.7. The lowest BCUT2D eigenvalue weighted by Gasteiger charge is -2.09. The number of benzene rings is 1. The molecule has 0 amide bonds. The van der Waals surface area contributed by atoms with E-state index in [4.69, 9.17) is 11.6 Å². The van der Waals surface area contributed by atoms with E-state index in [1.165, 1.54) is 18.2 Å². The lowest BCUT2D eigenvalue weighted by Crippen LogP contribution is -2.03. The topological polar surface area (TPSA) is 38.0 Å². The van der Waals surface area contributed by atoms with E-state index in [-0.39, 0.29) is 12.2 Å². The van der Waals surface area contributed by atoms with Crippen LogP contribution in [0.3, 0.4) is 0 Å². The largest absolute Gasteiger partial charge is 0.388 e. The minimum Gasteiger partial charge on any atom is -0.388 e. The number of rotatable bonds is 4. The minimum absolute atomic E-state index is 0.182. The van der Waals surface area contributed by atoms with E-state index in [0.29, 0.717) is 16.1 Å². The number of aromatic nitrogens is 2. The first-order chi connectivity index (χ1) is 8.60. The number of hydrogen-bond donors (Lipinski definition) is 1. The molecule has 0 aliphatic rings. The molecule has 0 saturated heterocycles. The molecule has 18 heavy (non-hydrogen) atoms. The molecule has 0 fully saturated rings. The predicted octanol–water partition coefficient (Wildman–Crippen LogP) is 2.97. The van der Waals surface area contributed by atoms with Crippen LogP contribution < -0.4 is 0 Å². The Morgan fingerprint density at radius 3 is 2.94 bits per heavy atom. The third-order valence-corrected chi connectivity index (χ3v) is 3.02. The van der Waals surface area contributed by atoms with Crippen molar-refractivity contribution in [3.8, 4) is 0 Å². The van der Waals surface area contributed by atoms with Crippen LogP contribution in [0, 0.1) is 5.82 Å². The summed E-state index contributed by atoms with van der Waals surface area (Å²) in [6, 6.07) is 4.33. The van der Waals surface area contributed by atoms with Crippen LogP contribution in [-0.2, 0) is 13.0 Å². The number of halogens is 2. The van der Waals surface area contributed by atoms with Gasteiger partial charge in [0.25, 0.3) is 0 Å². The predicted molar refractivity (Wildman–Crippen MR) is 68.0 cm³/mol. The molecule has 0 radical (unpaired) electrons.